The van der Waals surface area contributed by atoms with E-state index in [-0.39, 0.29) is 24.0 Å². The Morgan fingerprint density at radius 3 is 2.71 bits per heavy atom. The maximum Gasteiger partial charge on any atom is 0.246 e. The van der Waals surface area contributed by atoms with Gasteiger partial charge in [-0.15, -0.1) is 0 Å². The SMILES string of the molecule is CCN1CCC[N+]2=C1CCCCC2.[I-]. The van der Waals surface area contributed by atoms with E-state index in [1.165, 1.54) is 58.3 Å². The summed E-state index contributed by atoms with van der Waals surface area (Å²) in [5.74, 6) is 1.64. The van der Waals surface area contributed by atoms with E-state index in [4.69, 9.17) is 0 Å². The minimum atomic E-state index is 0. The zero-order chi connectivity index (χ0) is 9.10. The average molecular weight is 308 g/mol. The molecule has 0 aromatic rings. The second kappa shape index (κ2) is 5.93. The highest BCUT2D eigenvalue weighted by molar-refractivity contribution is 5.77. The summed E-state index contributed by atoms with van der Waals surface area (Å²) in [6, 6.07) is 0. The molecule has 0 bridgehead atoms. The molecule has 2 heterocycles. The molecule has 0 saturated heterocycles. The fourth-order valence-electron chi connectivity index (χ4n) is 2.57. The van der Waals surface area contributed by atoms with Crippen molar-refractivity contribution in [2.45, 2.75) is 39.0 Å². The summed E-state index contributed by atoms with van der Waals surface area (Å²) in [5.41, 5.74) is 0. The molecule has 0 radical (unpaired) electrons. The fraction of sp³-hybridized carbons (Fsp3) is 0.909. The lowest BCUT2D eigenvalue weighted by Crippen LogP contribution is -3.00. The summed E-state index contributed by atoms with van der Waals surface area (Å²) >= 11 is 0. The fourth-order valence-corrected chi connectivity index (χ4v) is 2.57. The highest BCUT2D eigenvalue weighted by atomic mass is 127. The molecule has 0 atom stereocenters. The first-order valence-corrected chi connectivity index (χ1v) is 5.77. The Morgan fingerprint density at radius 2 is 1.93 bits per heavy atom. The van der Waals surface area contributed by atoms with Crippen molar-refractivity contribution in [2.24, 2.45) is 0 Å². The number of amidine groups is 1. The van der Waals surface area contributed by atoms with Crippen LogP contribution < -0.4 is 24.0 Å². The smallest absolute Gasteiger partial charge is 0.246 e. The van der Waals surface area contributed by atoms with Crippen LogP contribution in [0, 0.1) is 0 Å². The van der Waals surface area contributed by atoms with Crippen LogP contribution in [0.1, 0.15) is 39.0 Å². The van der Waals surface area contributed by atoms with Crippen LogP contribution in [0.4, 0.5) is 0 Å². The van der Waals surface area contributed by atoms with Crippen LogP contribution >= 0.6 is 0 Å². The van der Waals surface area contributed by atoms with Crippen molar-refractivity contribution in [3.63, 3.8) is 0 Å². The molecule has 14 heavy (non-hydrogen) atoms. The van der Waals surface area contributed by atoms with Crippen molar-refractivity contribution in [1.82, 2.24) is 4.90 Å². The molecule has 0 fully saturated rings. The monoisotopic (exact) mass is 308 g/mol. The van der Waals surface area contributed by atoms with E-state index in [0.717, 1.165) is 0 Å². The molecule has 2 rings (SSSR count). The standard InChI is InChI=1S/C11H21N2.HI/c1-2-12-9-6-10-13-8-5-3-4-7-11(12)13;/h2-10H2,1H3;1H/q+1;/p-1. The van der Waals surface area contributed by atoms with E-state index >= 15 is 0 Å². The second-order valence-corrected chi connectivity index (χ2v) is 4.15. The molecule has 2 nitrogen and oxygen atoms in total. The molecule has 3 heteroatoms. The summed E-state index contributed by atoms with van der Waals surface area (Å²) < 4.78 is 2.62. The van der Waals surface area contributed by atoms with Crippen LogP contribution in [0.15, 0.2) is 0 Å². The number of rotatable bonds is 1. The topological polar surface area (TPSA) is 6.25 Å². The van der Waals surface area contributed by atoms with Crippen LogP contribution in [-0.2, 0) is 0 Å². The Labute approximate surface area is 104 Å². The molecule has 0 spiro atoms. The van der Waals surface area contributed by atoms with Gasteiger partial charge in [0.15, 0.2) is 0 Å². The molecular formula is C11H21IN2. The lowest BCUT2D eigenvalue weighted by molar-refractivity contribution is -0.538. The lowest BCUT2D eigenvalue weighted by Gasteiger charge is -2.25. The highest BCUT2D eigenvalue weighted by Gasteiger charge is 2.26. The van der Waals surface area contributed by atoms with Crippen LogP contribution in [0.3, 0.4) is 0 Å². The van der Waals surface area contributed by atoms with E-state index in [1.54, 1.807) is 5.84 Å². The van der Waals surface area contributed by atoms with Crippen molar-refractivity contribution in [1.29, 1.82) is 0 Å². The van der Waals surface area contributed by atoms with Crippen molar-refractivity contribution in [3.8, 4) is 0 Å². The molecule has 0 aliphatic carbocycles. The molecule has 0 N–H and O–H groups in total. The maximum absolute atomic E-state index is 2.62. The minimum Gasteiger partial charge on any atom is -1.00 e. The van der Waals surface area contributed by atoms with Gasteiger partial charge in [0.05, 0.1) is 26.2 Å². The third-order valence-electron chi connectivity index (χ3n) is 3.30. The summed E-state index contributed by atoms with van der Waals surface area (Å²) in [6.45, 7) is 7.40. The van der Waals surface area contributed by atoms with Crippen molar-refractivity contribution < 1.29 is 28.6 Å². The zero-order valence-electron chi connectivity index (χ0n) is 9.14. The highest BCUT2D eigenvalue weighted by Crippen LogP contribution is 2.14. The summed E-state index contributed by atoms with van der Waals surface area (Å²) in [4.78, 5) is 2.58. The first kappa shape index (κ1) is 12.3. The molecular weight excluding hydrogens is 287 g/mol. The molecule has 82 valence electrons. The largest absolute Gasteiger partial charge is 1.00 e. The van der Waals surface area contributed by atoms with Crippen LogP contribution in [0.25, 0.3) is 0 Å². The predicted molar refractivity (Wildman–Crippen MR) is 55.3 cm³/mol. The van der Waals surface area contributed by atoms with Gasteiger partial charge in [-0.05, 0) is 26.2 Å². The van der Waals surface area contributed by atoms with Gasteiger partial charge < -0.3 is 24.0 Å². The van der Waals surface area contributed by atoms with Gasteiger partial charge in [-0.25, -0.2) is 0 Å². The molecule has 0 aromatic heterocycles. The van der Waals surface area contributed by atoms with Crippen molar-refractivity contribution >= 4 is 5.84 Å². The van der Waals surface area contributed by atoms with Gasteiger partial charge in [-0.2, -0.15) is 0 Å². The molecule has 2 aliphatic rings. The van der Waals surface area contributed by atoms with E-state index in [1.807, 2.05) is 0 Å². The Bertz CT molecular complexity index is 213. The van der Waals surface area contributed by atoms with E-state index in [2.05, 4.69) is 16.4 Å². The first-order valence-electron chi connectivity index (χ1n) is 5.77. The zero-order valence-corrected chi connectivity index (χ0v) is 11.3. The lowest BCUT2D eigenvalue weighted by atomic mass is 10.2. The minimum absolute atomic E-state index is 0. The van der Waals surface area contributed by atoms with Gasteiger partial charge >= 0.3 is 0 Å². The Kier molecular flexibility index (Phi) is 5.20. The van der Waals surface area contributed by atoms with Gasteiger partial charge in [-0.3, -0.25) is 9.48 Å². The van der Waals surface area contributed by atoms with E-state index in [0.29, 0.717) is 0 Å². The summed E-state index contributed by atoms with van der Waals surface area (Å²) in [5, 5.41) is 0. The molecule has 0 amide bonds. The third kappa shape index (κ3) is 2.61. The second-order valence-electron chi connectivity index (χ2n) is 4.15. The van der Waals surface area contributed by atoms with Gasteiger partial charge in [0, 0.05) is 12.8 Å². The van der Waals surface area contributed by atoms with Crippen molar-refractivity contribution in [3.05, 3.63) is 0 Å². The number of nitrogens with zero attached hydrogens (tertiary/aromatic N) is 2. The predicted octanol–water partition coefficient (Wildman–Crippen LogP) is -1.30. The van der Waals surface area contributed by atoms with Gasteiger partial charge in [0.2, 0.25) is 5.84 Å². The normalized spacial score (nSPS) is 22.5. The third-order valence-corrected chi connectivity index (χ3v) is 3.30. The Morgan fingerprint density at radius 1 is 1.14 bits per heavy atom. The number of hydrogen-bond donors (Lipinski definition) is 0. The van der Waals surface area contributed by atoms with Crippen LogP contribution in [0.5, 0.6) is 0 Å². The van der Waals surface area contributed by atoms with Gasteiger partial charge in [0.25, 0.3) is 0 Å². The van der Waals surface area contributed by atoms with Crippen LogP contribution in [0.2, 0.25) is 0 Å². The quantitative estimate of drug-likeness (QED) is 0.431. The number of hydrogen-bond acceptors (Lipinski definition) is 1. The number of halogens is 1. The van der Waals surface area contributed by atoms with Crippen molar-refractivity contribution in [2.75, 3.05) is 26.2 Å². The summed E-state index contributed by atoms with van der Waals surface area (Å²) in [7, 11) is 0. The first-order chi connectivity index (χ1) is 6.42. The Balaban J connectivity index is 0.000000980. The molecule has 0 aromatic carbocycles. The van der Waals surface area contributed by atoms with Gasteiger partial charge in [0.1, 0.15) is 0 Å². The summed E-state index contributed by atoms with van der Waals surface area (Å²) in [6.07, 6.45) is 6.92. The van der Waals surface area contributed by atoms with E-state index in [9.17, 15) is 0 Å². The molecule has 0 saturated carbocycles. The maximum atomic E-state index is 2.62. The van der Waals surface area contributed by atoms with Gasteiger partial charge in [-0.1, -0.05) is 0 Å². The van der Waals surface area contributed by atoms with Crippen LogP contribution in [-0.4, -0.2) is 41.5 Å². The van der Waals surface area contributed by atoms with E-state index < -0.39 is 0 Å². The average Bonchev–Trinajstić information content (AvgIpc) is 2.41. The molecule has 2 aliphatic heterocycles. The Hall–Kier alpha value is 0.200. The molecule has 0 unspecified atom stereocenters.